The van der Waals surface area contributed by atoms with Gasteiger partial charge in [-0.2, -0.15) is 0 Å². The molecule has 0 N–H and O–H groups in total. The highest BCUT2D eigenvalue weighted by atomic mass is 16.5. The van der Waals surface area contributed by atoms with Gasteiger partial charge in [-0.05, 0) is 70.0 Å². The van der Waals surface area contributed by atoms with Crippen molar-refractivity contribution in [1.82, 2.24) is 15.0 Å². The van der Waals surface area contributed by atoms with Gasteiger partial charge in [0, 0.05) is 25.1 Å². The number of aromatic nitrogens is 1. The lowest BCUT2D eigenvalue weighted by Crippen LogP contribution is -2.39. The Labute approximate surface area is 158 Å². The molecular weight excluding hydrogens is 326 g/mol. The number of aryl methyl sites for hydroxylation is 1. The Morgan fingerprint density at radius 3 is 2.54 bits per heavy atom. The second kappa shape index (κ2) is 7.71. The molecule has 0 unspecified atom stereocenters. The van der Waals surface area contributed by atoms with Crippen molar-refractivity contribution in [2.45, 2.75) is 59.3 Å². The van der Waals surface area contributed by atoms with Gasteiger partial charge in [0.2, 0.25) is 0 Å². The van der Waals surface area contributed by atoms with Crippen molar-refractivity contribution in [3.8, 4) is 0 Å². The maximum Gasteiger partial charge on any atom is 0.276 e. The molecule has 5 nitrogen and oxygen atoms in total. The average Bonchev–Trinajstić information content (AvgIpc) is 3.02. The standard InChI is InChI=1S/C21H35N3O2/c1-21(2,3)16-6-7-18-17(14-16)19(22-26-18)20(25)24-12-9-15(10-13-24)8-11-23(4)5/h15-16H,6-14H2,1-5H3/t16-/m1/s1. The molecule has 1 aliphatic carbocycles. The molecule has 1 saturated heterocycles. The van der Waals surface area contributed by atoms with Gasteiger partial charge in [0.25, 0.3) is 5.91 Å². The van der Waals surface area contributed by atoms with Crippen LogP contribution in [0.4, 0.5) is 0 Å². The molecule has 1 fully saturated rings. The first kappa shape index (κ1) is 19.4. The summed E-state index contributed by atoms with van der Waals surface area (Å²) in [7, 11) is 4.24. The Bertz CT molecular complexity index is 622. The van der Waals surface area contributed by atoms with E-state index in [0.29, 0.717) is 11.6 Å². The number of hydrogen-bond donors (Lipinski definition) is 0. The van der Waals surface area contributed by atoms with Gasteiger partial charge in [0.05, 0.1) is 0 Å². The maximum absolute atomic E-state index is 13.1. The quantitative estimate of drug-likeness (QED) is 0.822. The van der Waals surface area contributed by atoms with E-state index in [1.165, 1.54) is 6.42 Å². The summed E-state index contributed by atoms with van der Waals surface area (Å²) in [6, 6.07) is 0. The monoisotopic (exact) mass is 361 g/mol. The molecule has 5 heteroatoms. The topological polar surface area (TPSA) is 49.6 Å². The van der Waals surface area contributed by atoms with Crippen LogP contribution in [-0.2, 0) is 12.8 Å². The van der Waals surface area contributed by atoms with E-state index in [1.807, 2.05) is 4.90 Å². The molecule has 2 aliphatic rings. The minimum Gasteiger partial charge on any atom is -0.360 e. The van der Waals surface area contributed by atoms with E-state index >= 15 is 0 Å². The van der Waals surface area contributed by atoms with Gasteiger partial charge in [-0.25, -0.2) is 0 Å². The Morgan fingerprint density at radius 1 is 1.23 bits per heavy atom. The third kappa shape index (κ3) is 4.30. The molecule has 0 saturated carbocycles. The maximum atomic E-state index is 13.1. The third-order valence-corrected chi connectivity index (χ3v) is 6.35. The van der Waals surface area contributed by atoms with E-state index in [9.17, 15) is 4.79 Å². The van der Waals surface area contributed by atoms with E-state index in [4.69, 9.17) is 4.52 Å². The van der Waals surface area contributed by atoms with Crippen molar-refractivity contribution in [2.24, 2.45) is 17.3 Å². The lowest BCUT2D eigenvalue weighted by Gasteiger charge is -2.34. The van der Waals surface area contributed by atoms with Crippen LogP contribution in [0.15, 0.2) is 4.52 Å². The molecule has 1 atom stereocenters. The highest BCUT2D eigenvalue weighted by Crippen LogP contribution is 2.38. The van der Waals surface area contributed by atoms with Crippen molar-refractivity contribution in [2.75, 3.05) is 33.7 Å². The minimum absolute atomic E-state index is 0.0793. The summed E-state index contributed by atoms with van der Waals surface area (Å²) in [5, 5.41) is 4.20. The van der Waals surface area contributed by atoms with Crippen molar-refractivity contribution in [3.05, 3.63) is 17.0 Å². The van der Waals surface area contributed by atoms with Crippen LogP contribution in [0.25, 0.3) is 0 Å². The van der Waals surface area contributed by atoms with Crippen LogP contribution in [0.2, 0.25) is 0 Å². The molecule has 1 aliphatic heterocycles. The van der Waals surface area contributed by atoms with Gasteiger partial charge in [-0.15, -0.1) is 0 Å². The molecule has 146 valence electrons. The number of nitrogens with zero attached hydrogens (tertiary/aromatic N) is 3. The zero-order valence-electron chi connectivity index (χ0n) is 17.2. The zero-order chi connectivity index (χ0) is 18.9. The summed E-state index contributed by atoms with van der Waals surface area (Å²) in [4.78, 5) is 17.3. The summed E-state index contributed by atoms with van der Waals surface area (Å²) in [5.74, 6) is 2.33. The first-order chi connectivity index (χ1) is 12.3. The highest BCUT2D eigenvalue weighted by Gasteiger charge is 2.35. The normalized spacial score (nSPS) is 21.9. The van der Waals surface area contributed by atoms with E-state index in [-0.39, 0.29) is 11.3 Å². The SMILES string of the molecule is CN(C)CCC1CCN(C(=O)c2noc3c2C[C@H](C(C)(C)C)CC3)CC1. The molecule has 0 spiro atoms. The number of likely N-dealkylation sites (tertiary alicyclic amines) is 1. The number of piperidine rings is 1. The van der Waals surface area contributed by atoms with Crippen LogP contribution in [0.5, 0.6) is 0 Å². The molecule has 3 rings (SSSR count). The number of amides is 1. The van der Waals surface area contributed by atoms with E-state index < -0.39 is 0 Å². The van der Waals surface area contributed by atoms with Crippen LogP contribution in [0.1, 0.15) is 68.3 Å². The first-order valence-electron chi connectivity index (χ1n) is 10.2. The van der Waals surface area contributed by atoms with E-state index in [0.717, 1.165) is 69.0 Å². The van der Waals surface area contributed by atoms with Gasteiger partial charge in [0.15, 0.2) is 5.69 Å². The van der Waals surface area contributed by atoms with Crippen LogP contribution in [0, 0.1) is 17.3 Å². The van der Waals surface area contributed by atoms with Gasteiger partial charge in [0.1, 0.15) is 5.76 Å². The van der Waals surface area contributed by atoms with Crippen LogP contribution < -0.4 is 0 Å². The average molecular weight is 362 g/mol. The van der Waals surface area contributed by atoms with Gasteiger partial charge < -0.3 is 14.3 Å². The van der Waals surface area contributed by atoms with E-state index in [2.05, 4.69) is 44.9 Å². The summed E-state index contributed by atoms with van der Waals surface area (Å²) < 4.78 is 5.54. The molecule has 0 radical (unpaired) electrons. The van der Waals surface area contributed by atoms with Crippen LogP contribution in [0.3, 0.4) is 0 Å². The summed E-state index contributed by atoms with van der Waals surface area (Å²) in [6.07, 6.45) is 6.37. The largest absolute Gasteiger partial charge is 0.360 e. The number of fused-ring (bicyclic) bond motifs is 1. The Hall–Kier alpha value is -1.36. The van der Waals surface area contributed by atoms with Crippen molar-refractivity contribution in [3.63, 3.8) is 0 Å². The van der Waals surface area contributed by atoms with E-state index in [1.54, 1.807) is 0 Å². The molecule has 1 amide bonds. The molecule has 1 aromatic rings. The third-order valence-electron chi connectivity index (χ3n) is 6.35. The molecule has 26 heavy (non-hydrogen) atoms. The summed E-state index contributed by atoms with van der Waals surface area (Å²) in [6.45, 7) is 9.69. The fourth-order valence-electron chi connectivity index (χ4n) is 4.33. The van der Waals surface area contributed by atoms with Gasteiger partial charge in [-0.1, -0.05) is 25.9 Å². The summed E-state index contributed by atoms with van der Waals surface area (Å²) in [5.41, 5.74) is 1.91. The predicted molar refractivity (Wildman–Crippen MR) is 103 cm³/mol. The predicted octanol–water partition coefficient (Wildman–Crippen LogP) is 3.63. The molecule has 0 aromatic carbocycles. The fraction of sp³-hybridized carbons (Fsp3) is 0.810. The molecule has 0 bridgehead atoms. The number of rotatable bonds is 4. The second-order valence-electron chi connectivity index (χ2n) is 9.57. The number of carbonyl (C=O) groups is 1. The molecular formula is C21H35N3O2. The second-order valence-corrected chi connectivity index (χ2v) is 9.57. The van der Waals surface area contributed by atoms with Crippen molar-refractivity contribution in [1.29, 1.82) is 0 Å². The molecule has 1 aromatic heterocycles. The van der Waals surface area contributed by atoms with Crippen molar-refractivity contribution >= 4 is 5.91 Å². The lowest BCUT2D eigenvalue weighted by atomic mass is 9.71. The van der Waals surface area contributed by atoms with Gasteiger partial charge in [-0.3, -0.25) is 4.79 Å². The molecule has 2 heterocycles. The minimum atomic E-state index is 0.0793. The lowest BCUT2D eigenvalue weighted by molar-refractivity contribution is 0.0671. The Morgan fingerprint density at radius 2 is 1.92 bits per heavy atom. The summed E-state index contributed by atoms with van der Waals surface area (Å²) >= 11 is 0. The number of carbonyl (C=O) groups excluding carboxylic acids is 1. The first-order valence-corrected chi connectivity index (χ1v) is 10.2. The highest BCUT2D eigenvalue weighted by molar-refractivity contribution is 5.94. The van der Waals surface area contributed by atoms with Crippen molar-refractivity contribution < 1.29 is 9.32 Å². The van der Waals surface area contributed by atoms with Crippen LogP contribution in [-0.4, -0.2) is 54.6 Å². The van der Waals surface area contributed by atoms with Gasteiger partial charge >= 0.3 is 0 Å². The number of hydrogen-bond acceptors (Lipinski definition) is 4. The smallest absolute Gasteiger partial charge is 0.276 e. The fourth-order valence-corrected chi connectivity index (χ4v) is 4.33. The Kier molecular flexibility index (Phi) is 5.75. The Balaban J connectivity index is 1.63. The zero-order valence-corrected chi connectivity index (χ0v) is 17.2. The van der Waals surface area contributed by atoms with Crippen LogP contribution >= 0.6 is 0 Å².